The molecule has 0 spiro atoms. The van der Waals surface area contributed by atoms with E-state index in [0.717, 1.165) is 12.3 Å². The summed E-state index contributed by atoms with van der Waals surface area (Å²) in [6, 6.07) is 5.47. The number of alkyl halides is 2. The number of carbonyl (C=O) groups is 1. The molecule has 0 fully saturated rings. The van der Waals surface area contributed by atoms with Crippen LogP contribution in [0.2, 0.25) is 0 Å². The van der Waals surface area contributed by atoms with E-state index in [0.29, 0.717) is 12.0 Å². The maximum absolute atomic E-state index is 15.3. The molecule has 0 N–H and O–H groups in total. The summed E-state index contributed by atoms with van der Waals surface area (Å²) in [6.07, 6.45) is 0.339. The zero-order valence-corrected chi connectivity index (χ0v) is 13.9. The third-order valence-electron chi connectivity index (χ3n) is 3.89. The van der Waals surface area contributed by atoms with Gasteiger partial charge >= 0.3 is 0 Å². The van der Waals surface area contributed by atoms with E-state index in [1.165, 1.54) is 23.9 Å². The lowest BCUT2D eigenvalue weighted by atomic mass is 9.95. The summed E-state index contributed by atoms with van der Waals surface area (Å²) >= 11 is 0. The van der Waals surface area contributed by atoms with E-state index < -0.39 is 17.9 Å². The van der Waals surface area contributed by atoms with Gasteiger partial charge in [-0.15, -0.1) is 0 Å². The Morgan fingerprint density at radius 2 is 2.00 bits per heavy atom. The highest BCUT2D eigenvalue weighted by Crippen LogP contribution is 2.38. The van der Waals surface area contributed by atoms with Crippen molar-refractivity contribution in [2.24, 2.45) is 7.05 Å². The lowest BCUT2D eigenvalue weighted by molar-refractivity contribution is 0.112. The van der Waals surface area contributed by atoms with Gasteiger partial charge in [-0.1, -0.05) is 6.07 Å². The van der Waals surface area contributed by atoms with Crippen LogP contribution < -0.4 is 4.74 Å². The van der Waals surface area contributed by atoms with Crippen molar-refractivity contribution in [1.29, 1.82) is 0 Å². The van der Waals surface area contributed by atoms with Gasteiger partial charge in [0.05, 0.1) is 19.0 Å². The summed E-state index contributed by atoms with van der Waals surface area (Å²) in [5, 5.41) is 4.15. The van der Waals surface area contributed by atoms with E-state index in [1.54, 1.807) is 19.3 Å². The highest BCUT2D eigenvalue weighted by atomic mass is 19.3. The Bertz CT molecular complexity index is 970. The van der Waals surface area contributed by atoms with Crippen LogP contribution in [0.25, 0.3) is 22.4 Å². The number of pyridine rings is 1. The quantitative estimate of drug-likeness (QED) is 0.644. The first-order valence-electron chi connectivity index (χ1n) is 7.56. The molecular formula is C18H14F3N3O2. The summed E-state index contributed by atoms with van der Waals surface area (Å²) < 4.78 is 48.0. The van der Waals surface area contributed by atoms with Gasteiger partial charge in [0.15, 0.2) is 6.29 Å². The van der Waals surface area contributed by atoms with Crippen molar-refractivity contribution in [3.05, 3.63) is 53.7 Å². The fourth-order valence-electron chi connectivity index (χ4n) is 2.66. The van der Waals surface area contributed by atoms with Gasteiger partial charge in [0.1, 0.15) is 17.3 Å². The van der Waals surface area contributed by atoms with Crippen LogP contribution in [0.15, 0.2) is 36.7 Å². The second-order valence-corrected chi connectivity index (χ2v) is 5.49. The molecule has 3 aromatic rings. The minimum atomic E-state index is -2.85. The first kappa shape index (κ1) is 17.7. The molecule has 134 valence electrons. The summed E-state index contributed by atoms with van der Waals surface area (Å²) in [5.41, 5.74) is -0.152. The third-order valence-corrected chi connectivity index (χ3v) is 3.89. The number of benzene rings is 1. The zero-order valence-electron chi connectivity index (χ0n) is 13.9. The number of aromatic nitrogens is 3. The summed E-state index contributed by atoms with van der Waals surface area (Å²) in [7, 11) is 2.99. The molecule has 0 aliphatic rings. The number of hydrogen-bond acceptors (Lipinski definition) is 4. The Balaban J connectivity index is 2.30. The van der Waals surface area contributed by atoms with Crippen molar-refractivity contribution in [2.45, 2.75) is 6.43 Å². The largest absolute Gasteiger partial charge is 0.494 e. The maximum Gasteiger partial charge on any atom is 0.280 e. The molecule has 0 aliphatic carbocycles. The lowest BCUT2D eigenvalue weighted by Crippen LogP contribution is -2.01. The van der Waals surface area contributed by atoms with Crippen molar-refractivity contribution in [1.82, 2.24) is 14.8 Å². The summed E-state index contributed by atoms with van der Waals surface area (Å²) in [6.45, 7) is 0. The number of rotatable bonds is 5. The molecule has 2 aromatic heterocycles. The molecule has 0 aliphatic heterocycles. The maximum atomic E-state index is 15.3. The number of nitrogens with zero attached hydrogens (tertiary/aromatic N) is 3. The second kappa shape index (κ2) is 6.99. The van der Waals surface area contributed by atoms with Gasteiger partial charge in [-0.2, -0.15) is 5.10 Å². The Morgan fingerprint density at radius 3 is 2.58 bits per heavy atom. The molecule has 0 atom stereocenters. The number of carbonyl (C=O) groups excluding carboxylic acids is 1. The van der Waals surface area contributed by atoms with Crippen LogP contribution in [0.4, 0.5) is 13.2 Å². The first-order chi connectivity index (χ1) is 12.5. The van der Waals surface area contributed by atoms with Crippen LogP contribution in [0.3, 0.4) is 0 Å². The predicted molar refractivity (Wildman–Crippen MR) is 88.7 cm³/mol. The number of ether oxygens (including phenoxy) is 1. The van der Waals surface area contributed by atoms with Gasteiger partial charge in [0.25, 0.3) is 6.43 Å². The van der Waals surface area contributed by atoms with Gasteiger partial charge in [0, 0.05) is 35.5 Å². The molecule has 5 nitrogen and oxygen atoms in total. The van der Waals surface area contributed by atoms with Gasteiger partial charge in [-0.25, -0.2) is 13.2 Å². The van der Waals surface area contributed by atoms with E-state index in [1.807, 2.05) is 0 Å². The lowest BCUT2D eigenvalue weighted by Gasteiger charge is -2.14. The Labute approximate surface area is 147 Å². The van der Waals surface area contributed by atoms with Gasteiger partial charge in [-0.3, -0.25) is 14.5 Å². The average Bonchev–Trinajstić information content (AvgIpc) is 3.06. The van der Waals surface area contributed by atoms with Crippen molar-refractivity contribution in [3.8, 4) is 28.1 Å². The van der Waals surface area contributed by atoms with Crippen molar-refractivity contribution >= 4 is 6.29 Å². The Hall–Kier alpha value is -3.16. The normalized spacial score (nSPS) is 11.0. The summed E-state index contributed by atoms with van der Waals surface area (Å²) in [4.78, 5) is 15.0. The number of halogens is 3. The van der Waals surface area contributed by atoms with E-state index in [9.17, 15) is 13.6 Å². The standard InChI is InChI=1S/C18H14F3N3O2/c1-24-6-5-13(23-24)11-4-3-10(9-25)16(17(11)19)12-7-14(18(20)21)22-8-15(12)26-2/h3-9,18H,1-2H3. The molecular weight excluding hydrogens is 347 g/mol. The molecule has 0 saturated carbocycles. The molecule has 8 heteroatoms. The van der Waals surface area contributed by atoms with E-state index in [2.05, 4.69) is 10.1 Å². The van der Waals surface area contributed by atoms with Gasteiger partial charge < -0.3 is 4.74 Å². The molecule has 2 heterocycles. The molecule has 3 rings (SSSR count). The molecule has 1 aromatic carbocycles. The SMILES string of the molecule is COc1cnc(C(F)F)cc1-c1c(C=O)ccc(-c2ccn(C)n2)c1F. The van der Waals surface area contributed by atoms with Crippen molar-refractivity contribution < 1.29 is 22.7 Å². The van der Waals surface area contributed by atoms with Crippen LogP contribution in [-0.4, -0.2) is 28.2 Å². The van der Waals surface area contributed by atoms with E-state index in [4.69, 9.17) is 4.74 Å². The Morgan fingerprint density at radius 1 is 1.23 bits per heavy atom. The molecule has 26 heavy (non-hydrogen) atoms. The number of aldehydes is 1. The van der Waals surface area contributed by atoms with Crippen LogP contribution in [0.5, 0.6) is 5.75 Å². The van der Waals surface area contributed by atoms with Gasteiger partial charge in [0.2, 0.25) is 0 Å². The topological polar surface area (TPSA) is 57.0 Å². The molecule has 0 radical (unpaired) electrons. The minimum Gasteiger partial charge on any atom is -0.494 e. The summed E-state index contributed by atoms with van der Waals surface area (Å²) in [5.74, 6) is -0.674. The first-order valence-corrected chi connectivity index (χ1v) is 7.56. The van der Waals surface area contributed by atoms with Crippen LogP contribution in [0, 0.1) is 5.82 Å². The van der Waals surface area contributed by atoms with Crippen molar-refractivity contribution in [2.75, 3.05) is 7.11 Å². The monoisotopic (exact) mass is 361 g/mol. The van der Waals surface area contributed by atoms with Crippen LogP contribution in [-0.2, 0) is 7.05 Å². The highest BCUT2D eigenvalue weighted by molar-refractivity contribution is 5.91. The fourth-order valence-corrected chi connectivity index (χ4v) is 2.66. The second-order valence-electron chi connectivity index (χ2n) is 5.49. The van der Waals surface area contributed by atoms with Crippen LogP contribution in [0.1, 0.15) is 22.5 Å². The smallest absolute Gasteiger partial charge is 0.280 e. The Kier molecular flexibility index (Phi) is 4.75. The zero-order chi connectivity index (χ0) is 18.8. The van der Waals surface area contributed by atoms with E-state index in [-0.39, 0.29) is 28.0 Å². The minimum absolute atomic E-state index is 0.00639. The van der Waals surface area contributed by atoms with Crippen molar-refractivity contribution in [3.63, 3.8) is 0 Å². The number of hydrogen-bond donors (Lipinski definition) is 0. The molecule has 0 amide bonds. The molecule has 0 unspecified atom stereocenters. The number of methoxy groups -OCH3 is 1. The third kappa shape index (κ3) is 3.05. The average molecular weight is 361 g/mol. The molecule has 0 saturated heterocycles. The predicted octanol–water partition coefficient (Wildman–Crippen LogP) is 4.05. The van der Waals surface area contributed by atoms with Crippen LogP contribution >= 0.6 is 0 Å². The number of aryl methyl sites for hydroxylation is 1. The fraction of sp³-hybridized carbons (Fsp3) is 0.167. The molecule has 0 bridgehead atoms. The van der Waals surface area contributed by atoms with Gasteiger partial charge in [-0.05, 0) is 18.2 Å². The highest BCUT2D eigenvalue weighted by Gasteiger charge is 2.22. The van der Waals surface area contributed by atoms with E-state index >= 15 is 4.39 Å².